The van der Waals surface area contributed by atoms with E-state index in [1.165, 1.54) is 12.1 Å². The highest BCUT2D eigenvalue weighted by Gasteiger charge is 2.10. The zero-order valence-corrected chi connectivity index (χ0v) is 9.03. The average molecular weight is 235 g/mol. The SMILES string of the molecule is Cc1cc(NC(=O)c2ccc(F)c(N)c2)no1. The Labute approximate surface area is 96.4 Å². The van der Waals surface area contributed by atoms with Crippen molar-refractivity contribution in [2.75, 3.05) is 11.1 Å². The summed E-state index contributed by atoms with van der Waals surface area (Å²) in [6.45, 7) is 1.71. The van der Waals surface area contributed by atoms with Gasteiger partial charge in [0.2, 0.25) is 0 Å². The molecule has 88 valence electrons. The number of hydrogen-bond donors (Lipinski definition) is 2. The number of nitrogen functional groups attached to an aromatic ring is 1. The Balaban J connectivity index is 2.17. The first-order chi connectivity index (χ1) is 8.06. The minimum Gasteiger partial charge on any atom is -0.396 e. The van der Waals surface area contributed by atoms with Crippen LogP contribution in [-0.2, 0) is 0 Å². The summed E-state index contributed by atoms with van der Waals surface area (Å²) in [4.78, 5) is 11.7. The lowest BCUT2D eigenvalue weighted by Gasteiger charge is -2.02. The van der Waals surface area contributed by atoms with Gasteiger partial charge in [-0.15, -0.1) is 0 Å². The van der Waals surface area contributed by atoms with Crippen LogP contribution in [0.25, 0.3) is 0 Å². The molecule has 0 saturated carbocycles. The Kier molecular flexibility index (Phi) is 2.78. The number of nitrogens with two attached hydrogens (primary N) is 1. The molecule has 0 radical (unpaired) electrons. The van der Waals surface area contributed by atoms with Crippen LogP contribution in [0, 0.1) is 12.7 Å². The smallest absolute Gasteiger partial charge is 0.256 e. The lowest BCUT2D eigenvalue weighted by Crippen LogP contribution is -2.12. The summed E-state index contributed by atoms with van der Waals surface area (Å²) in [5.41, 5.74) is 5.55. The third-order valence-corrected chi connectivity index (χ3v) is 2.13. The maximum atomic E-state index is 12.9. The second kappa shape index (κ2) is 4.25. The number of halogens is 1. The van der Waals surface area contributed by atoms with E-state index in [2.05, 4.69) is 10.5 Å². The van der Waals surface area contributed by atoms with Gasteiger partial charge in [-0.3, -0.25) is 4.79 Å². The van der Waals surface area contributed by atoms with Gasteiger partial charge in [-0.05, 0) is 25.1 Å². The Morgan fingerprint density at radius 2 is 2.24 bits per heavy atom. The summed E-state index contributed by atoms with van der Waals surface area (Å²) >= 11 is 0. The summed E-state index contributed by atoms with van der Waals surface area (Å²) in [6, 6.07) is 5.31. The van der Waals surface area contributed by atoms with E-state index in [4.69, 9.17) is 10.3 Å². The Morgan fingerprint density at radius 1 is 1.47 bits per heavy atom. The first kappa shape index (κ1) is 11.1. The number of carbonyl (C=O) groups excluding carboxylic acids is 1. The minimum atomic E-state index is -0.557. The molecule has 0 unspecified atom stereocenters. The van der Waals surface area contributed by atoms with Crippen LogP contribution in [0.15, 0.2) is 28.8 Å². The Hall–Kier alpha value is -2.37. The molecule has 2 aromatic rings. The maximum absolute atomic E-state index is 12.9. The van der Waals surface area contributed by atoms with Crippen molar-refractivity contribution in [2.45, 2.75) is 6.92 Å². The summed E-state index contributed by atoms with van der Waals surface area (Å²) in [6.07, 6.45) is 0. The van der Waals surface area contributed by atoms with Crippen molar-refractivity contribution in [1.29, 1.82) is 0 Å². The lowest BCUT2D eigenvalue weighted by molar-refractivity contribution is 0.102. The van der Waals surface area contributed by atoms with Gasteiger partial charge in [0.25, 0.3) is 5.91 Å². The van der Waals surface area contributed by atoms with E-state index in [1.807, 2.05) is 0 Å². The first-order valence-electron chi connectivity index (χ1n) is 4.86. The van der Waals surface area contributed by atoms with Crippen molar-refractivity contribution in [2.24, 2.45) is 0 Å². The monoisotopic (exact) mass is 235 g/mol. The highest BCUT2D eigenvalue weighted by molar-refractivity contribution is 6.04. The van der Waals surface area contributed by atoms with E-state index in [9.17, 15) is 9.18 Å². The van der Waals surface area contributed by atoms with Crippen molar-refractivity contribution in [3.63, 3.8) is 0 Å². The molecule has 0 spiro atoms. The van der Waals surface area contributed by atoms with Gasteiger partial charge in [-0.25, -0.2) is 4.39 Å². The largest absolute Gasteiger partial charge is 0.396 e. The van der Waals surface area contributed by atoms with Crippen LogP contribution in [0.5, 0.6) is 0 Å². The molecule has 6 heteroatoms. The van der Waals surface area contributed by atoms with E-state index in [0.29, 0.717) is 11.6 Å². The van der Waals surface area contributed by atoms with E-state index in [1.54, 1.807) is 13.0 Å². The molecule has 1 amide bonds. The third kappa shape index (κ3) is 2.41. The lowest BCUT2D eigenvalue weighted by atomic mass is 10.2. The molecule has 0 aliphatic rings. The summed E-state index contributed by atoms with van der Waals surface area (Å²) in [5.74, 6) is -0.0989. The minimum absolute atomic E-state index is 0.0750. The molecule has 17 heavy (non-hydrogen) atoms. The van der Waals surface area contributed by atoms with Crippen molar-refractivity contribution in [3.05, 3.63) is 41.4 Å². The standard InChI is InChI=1S/C11H10FN3O2/c1-6-4-10(15-17-6)14-11(16)7-2-3-8(12)9(13)5-7/h2-5H,13H2,1H3,(H,14,15,16). The van der Waals surface area contributed by atoms with Gasteiger partial charge in [-0.2, -0.15) is 0 Å². The molecule has 1 aromatic carbocycles. The molecular weight excluding hydrogens is 225 g/mol. The fraction of sp³-hybridized carbons (Fsp3) is 0.0909. The summed E-state index contributed by atoms with van der Waals surface area (Å²) in [5, 5.41) is 6.11. The van der Waals surface area contributed by atoms with Gasteiger partial charge in [0, 0.05) is 11.6 Å². The zero-order chi connectivity index (χ0) is 12.4. The molecule has 0 aliphatic carbocycles. The van der Waals surface area contributed by atoms with Crippen molar-refractivity contribution < 1.29 is 13.7 Å². The first-order valence-corrected chi connectivity index (χ1v) is 4.86. The van der Waals surface area contributed by atoms with Crippen molar-refractivity contribution in [1.82, 2.24) is 5.16 Å². The highest BCUT2D eigenvalue weighted by Crippen LogP contribution is 2.14. The number of nitrogens with zero attached hydrogens (tertiary/aromatic N) is 1. The maximum Gasteiger partial charge on any atom is 0.256 e. The number of hydrogen-bond acceptors (Lipinski definition) is 4. The number of nitrogens with one attached hydrogen (secondary N) is 1. The van der Waals surface area contributed by atoms with E-state index in [-0.39, 0.29) is 11.3 Å². The molecular formula is C11H10FN3O2. The van der Waals surface area contributed by atoms with Crippen LogP contribution in [0.3, 0.4) is 0 Å². The Bertz CT molecular complexity index is 566. The zero-order valence-electron chi connectivity index (χ0n) is 9.03. The molecule has 0 atom stereocenters. The van der Waals surface area contributed by atoms with Gasteiger partial charge in [0.15, 0.2) is 5.82 Å². The molecule has 1 aromatic heterocycles. The number of amides is 1. The van der Waals surface area contributed by atoms with Gasteiger partial charge < -0.3 is 15.6 Å². The molecule has 1 heterocycles. The number of aromatic nitrogens is 1. The highest BCUT2D eigenvalue weighted by atomic mass is 19.1. The van der Waals surface area contributed by atoms with Gasteiger partial charge in [-0.1, -0.05) is 5.16 Å². The van der Waals surface area contributed by atoms with Crippen LogP contribution in [-0.4, -0.2) is 11.1 Å². The van der Waals surface area contributed by atoms with Gasteiger partial charge in [0.1, 0.15) is 11.6 Å². The second-order valence-electron chi connectivity index (χ2n) is 3.51. The average Bonchev–Trinajstić information content (AvgIpc) is 2.68. The molecule has 0 bridgehead atoms. The Morgan fingerprint density at radius 3 is 2.82 bits per heavy atom. The van der Waals surface area contributed by atoms with E-state index in [0.717, 1.165) is 6.07 Å². The van der Waals surface area contributed by atoms with Gasteiger partial charge >= 0.3 is 0 Å². The topological polar surface area (TPSA) is 81.2 Å². The van der Waals surface area contributed by atoms with Crippen molar-refractivity contribution >= 4 is 17.4 Å². The van der Waals surface area contributed by atoms with Gasteiger partial charge in [0.05, 0.1) is 5.69 Å². The quantitative estimate of drug-likeness (QED) is 0.779. The fourth-order valence-corrected chi connectivity index (χ4v) is 1.30. The number of anilines is 2. The molecule has 0 saturated heterocycles. The molecule has 5 nitrogen and oxygen atoms in total. The number of aryl methyl sites for hydroxylation is 1. The fourth-order valence-electron chi connectivity index (χ4n) is 1.30. The second-order valence-corrected chi connectivity index (χ2v) is 3.51. The van der Waals surface area contributed by atoms with E-state index < -0.39 is 11.7 Å². The summed E-state index contributed by atoms with van der Waals surface area (Å²) < 4.78 is 17.7. The summed E-state index contributed by atoms with van der Waals surface area (Å²) in [7, 11) is 0. The number of carbonyl (C=O) groups is 1. The van der Waals surface area contributed by atoms with Crippen LogP contribution in [0.1, 0.15) is 16.1 Å². The molecule has 0 aliphatic heterocycles. The predicted octanol–water partition coefficient (Wildman–Crippen LogP) is 1.96. The van der Waals surface area contributed by atoms with E-state index >= 15 is 0 Å². The van der Waals surface area contributed by atoms with Crippen LogP contribution in [0.2, 0.25) is 0 Å². The number of rotatable bonds is 2. The van der Waals surface area contributed by atoms with Crippen LogP contribution < -0.4 is 11.1 Å². The molecule has 2 rings (SSSR count). The van der Waals surface area contributed by atoms with Crippen molar-refractivity contribution in [3.8, 4) is 0 Å². The third-order valence-electron chi connectivity index (χ3n) is 2.13. The van der Waals surface area contributed by atoms with Crippen LogP contribution in [0.4, 0.5) is 15.9 Å². The number of benzene rings is 1. The predicted molar refractivity (Wildman–Crippen MR) is 60.0 cm³/mol. The normalized spacial score (nSPS) is 10.2. The van der Waals surface area contributed by atoms with Crippen LogP contribution >= 0.6 is 0 Å². The molecule has 3 N–H and O–H groups in total. The molecule has 0 fully saturated rings.